The quantitative estimate of drug-likeness (QED) is 0.921. The van der Waals surface area contributed by atoms with Crippen LogP contribution < -0.4 is 10.1 Å². The fourth-order valence-corrected chi connectivity index (χ4v) is 4.18. The Morgan fingerprint density at radius 2 is 2.16 bits per heavy atom. The Balaban J connectivity index is 1.70. The molecule has 134 valence electrons. The van der Waals surface area contributed by atoms with Crippen LogP contribution in [0.1, 0.15) is 49.0 Å². The van der Waals surface area contributed by atoms with Crippen LogP contribution >= 0.6 is 0 Å². The van der Waals surface area contributed by atoms with E-state index in [-0.39, 0.29) is 11.5 Å². The smallest absolute Gasteiger partial charge is 0.237 e. The van der Waals surface area contributed by atoms with E-state index in [1.807, 2.05) is 12.1 Å². The maximum atomic E-state index is 5.83. The van der Waals surface area contributed by atoms with Gasteiger partial charge in [-0.15, -0.1) is 0 Å². The first-order valence-corrected chi connectivity index (χ1v) is 9.12. The fraction of sp³-hybridized carbons (Fsp3) is 0.579. The number of aromatic nitrogens is 2. The van der Waals surface area contributed by atoms with Crippen molar-refractivity contribution in [2.45, 2.75) is 37.1 Å². The van der Waals surface area contributed by atoms with Crippen molar-refractivity contribution in [2.75, 3.05) is 33.8 Å². The molecule has 0 bridgehead atoms. The lowest BCUT2D eigenvalue weighted by atomic mass is 9.78. The standard InChI is InChI=1S/C19H26N4O2/c1-23-11-10-20-13-16(23)17-21-18(25-22-17)19(8-3-4-9-19)14-6-5-7-15(12-14)24-2/h5-7,12,16,20H,3-4,8-11,13H2,1-2H3. The van der Waals surface area contributed by atoms with Gasteiger partial charge in [-0.25, -0.2) is 0 Å². The summed E-state index contributed by atoms with van der Waals surface area (Å²) in [4.78, 5) is 7.16. The zero-order valence-electron chi connectivity index (χ0n) is 15.0. The number of piperazine rings is 1. The van der Waals surface area contributed by atoms with Gasteiger partial charge in [0.1, 0.15) is 5.75 Å². The predicted octanol–water partition coefficient (Wildman–Crippen LogP) is 2.51. The van der Waals surface area contributed by atoms with Crippen LogP contribution in [0.5, 0.6) is 5.75 Å². The van der Waals surface area contributed by atoms with Crippen LogP contribution in [0.4, 0.5) is 0 Å². The highest BCUT2D eigenvalue weighted by Crippen LogP contribution is 2.46. The largest absolute Gasteiger partial charge is 0.497 e. The second-order valence-electron chi connectivity index (χ2n) is 7.18. The Labute approximate surface area is 148 Å². The molecule has 2 aromatic rings. The normalized spacial score (nSPS) is 23.7. The summed E-state index contributed by atoms with van der Waals surface area (Å²) in [5, 5.41) is 7.77. The van der Waals surface area contributed by atoms with Crippen molar-refractivity contribution >= 4 is 0 Å². The van der Waals surface area contributed by atoms with Crippen LogP contribution in [0.25, 0.3) is 0 Å². The van der Waals surface area contributed by atoms with Gasteiger partial charge in [-0.05, 0) is 37.6 Å². The van der Waals surface area contributed by atoms with Gasteiger partial charge in [0.15, 0.2) is 5.82 Å². The average Bonchev–Trinajstić information content (AvgIpc) is 3.32. The molecule has 2 aliphatic rings. The lowest BCUT2D eigenvalue weighted by molar-refractivity contribution is 0.190. The highest BCUT2D eigenvalue weighted by atomic mass is 16.5. The van der Waals surface area contributed by atoms with Crippen molar-refractivity contribution in [1.29, 1.82) is 0 Å². The molecule has 1 aliphatic carbocycles. The number of benzene rings is 1. The molecule has 0 radical (unpaired) electrons. The molecular formula is C19H26N4O2. The van der Waals surface area contributed by atoms with Gasteiger partial charge in [0.25, 0.3) is 0 Å². The van der Waals surface area contributed by atoms with Gasteiger partial charge in [0.2, 0.25) is 5.89 Å². The first-order valence-electron chi connectivity index (χ1n) is 9.12. The highest BCUT2D eigenvalue weighted by Gasteiger charge is 2.43. The van der Waals surface area contributed by atoms with E-state index in [0.717, 1.165) is 49.9 Å². The lowest BCUT2D eigenvalue weighted by Crippen LogP contribution is -2.44. The van der Waals surface area contributed by atoms with Crippen molar-refractivity contribution in [1.82, 2.24) is 20.4 Å². The molecule has 1 aromatic carbocycles. The third-order valence-corrected chi connectivity index (χ3v) is 5.74. The third-order valence-electron chi connectivity index (χ3n) is 5.74. The van der Waals surface area contributed by atoms with Crippen molar-refractivity contribution in [3.63, 3.8) is 0 Å². The third kappa shape index (κ3) is 2.93. The summed E-state index contributed by atoms with van der Waals surface area (Å²) in [7, 11) is 3.83. The predicted molar refractivity (Wildman–Crippen MR) is 94.8 cm³/mol. The molecule has 25 heavy (non-hydrogen) atoms. The zero-order chi connectivity index (χ0) is 17.3. The lowest BCUT2D eigenvalue weighted by Gasteiger charge is -2.30. The summed E-state index contributed by atoms with van der Waals surface area (Å²) in [6.45, 7) is 2.86. The highest BCUT2D eigenvalue weighted by molar-refractivity contribution is 5.38. The van der Waals surface area contributed by atoms with Crippen LogP contribution in [0.2, 0.25) is 0 Å². The Bertz CT molecular complexity index is 724. The summed E-state index contributed by atoms with van der Waals surface area (Å²) in [5.41, 5.74) is 1.04. The number of hydrogen-bond acceptors (Lipinski definition) is 6. The molecule has 6 heteroatoms. The second kappa shape index (κ2) is 6.77. The Kier molecular flexibility index (Phi) is 4.48. The molecule has 0 amide bonds. The molecule has 1 aromatic heterocycles. The average molecular weight is 342 g/mol. The van der Waals surface area contributed by atoms with E-state index >= 15 is 0 Å². The molecule has 1 saturated heterocycles. The van der Waals surface area contributed by atoms with Crippen LogP contribution in [-0.2, 0) is 5.41 Å². The molecule has 1 saturated carbocycles. The monoisotopic (exact) mass is 342 g/mol. The van der Waals surface area contributed by atoms with Crippen LogP contribution in [0.15, 0.2) is 28.8 Å². The van der Waals surface area contributed by atoms with Crippen LogP contribution in [-0.4, -0.2) is 48.8 Å². The number of nitrogens with one attached hydrogen (secondary N) is 1. The molecule has 2 heterocycles. The van der Waals surface area contributed by atoms with E-state index < -0.39 is 0 Å². The van der Waals surface area contributed by atoms with E-state index in [4.69, 9.17) is 14.2 Å². The molecule has 6 nitrogen and oxygen atoms in total. The van der Waals surface area contributed by atoms with Crippen LogP contribution in [0.3, 0.4) is 0 Å². The summed E-state index contributed by atoms with van der Waals surface area (Å²) in [6, 6.07) is 8.48. The van der Waals surface area contributed by atoms with Gasteiger partial charge < -0.3 is 14.6 Å². The van der Waals surface area contributed by atoms with Gasteiger partial charge in [-0.2, -0.15) is 4.98 Å². The second-order valence-corrected chi connectivity index (χ2v) is 7.18. The van der Waals surface area contributed by atoms with Crippen LogP contribution in [0, 0.1) is 0 Å². The summed E-state index contributed by atoms with van der Waals surface area (Å²) in [6.07, 6.45) is 4.45. The Morgan fingerprint density at radius 1 is 1.32 bits per heavy atom. The van der Waals surface area contributed by atoms with E-state index in [9.17, 15) is 0 Å². The fourth-order valence-electron chi connectivity index (χ4n) is 4.18. The minimum Gasteiger partial charge on any atom is -0.497 e. The first kappa shape index (κ1) is 16.5. The minimum absolute atomic E-state index is 0.176. The molecule has 1 N–H and O–H groups in total. The minimum atomic E-state index is -0.180. The number of ether oxygens (including phenoxy) is 1. The Morgan fingerprint density at radius 3 is 2.92 bits per heavy atom. The molecule has 4 rings (SSSR count). The molecule has 1 unspecified atom stereocenters. The van der Waals surface area contributed by atoms with E-state index in [1.54, 1.807) is 7.11 Å². The van der Waals surface area contributed by atoms with Crippen molar-refractivity contribution in [3.8, 4) is 5.75 Å². The molecule has 0 spiro atoms. The summed E-state index contributed by atoms with van der Waals surface area (Å²) in [5.74, 6) is 2.42. The van der Waals surface area contributed by atoms with Crippen molar-refractivity contribution in [3.05, 3.63) is 41.5 Å². The van der Waals surface area contributed by atoms with E-state index in [2.05, 4.69) is 34.6 Å². The van der Waals surface area contributed by atoms with Gasteiger partial charge in [-0.3, -0.25) is 4.90 Å². The first-order chi connectivity index (χ1) is 12.2. The molecular weight excluding hydrogens is 316 g/mol. The van der Waals surface area contributed by atoms with Crippen molar-refractivity contribution in [2.24, 2.45) is 0 Å². The molecule has 1 aliphatic heterocycles. The number of rotatable bonds is 4. The number of hydrogen-bond donors (Lipinski definition) is 1. The molecule has 2 fully saturated rings. The SMILES string of the molecule is COc1cccc(C2(c3nc(C4CNCCN4C)no3)CCCC2)c1. The summed E-state index contributed by atoms with van der Waals surface area (Å²) < 4.78 is 11.3. The van der Waals surface area contributed by atoms with Gasteiger partial charge in [0.05, 0.1) is 18.6 Å². The van der Waals surface area contributed by atoms with Gasteiger partial charge in [-0.1, -0.05) is 30.1 Å². The zero-order valence-corrected chi connectivity index (χ0v) is 15.0. The topological polar surface area (TPSA) is 63.4 Å². The number of nitrogens with zero attached hydrogens (tertiary/aromatic N) is 3. The summed E-state index contributed by atoms with van der Waals surface area (Å²) >= 11 is 0. The Hall–Kier alpha value is -1.92. The maximum Gasteiger partial charge on any atom is 0.237 e. The van der Waals surface area contributed by atoms with Crippen molar-refractivity contribution < 1.29 is 9.26 Å². The molecule has 1 atom stereocenters. The van der Waals surface area contributed by atoms with Gasteiger partial charge >= 0.3 is 0 Å². The maximum absolute atomic E-state index is 5.83. The van der Waals surface area contributed by atoms with E-state index in [1.165, 1.54) is 18.4 Å². The number of likely N-dealkylation sites (N-methyl/N-ethyl adjacent to an activating group) is 1. The van der Waals surface area contributed by atoms with E-state index in [0.29, 0.717) is 0 Å². The number of methoxy groups -OCH3 is 1. The van der Waals surface area contributed by atoms with Gasteiger partial charge in [0, 0.05) is 19.6 Å².